The molecule has 0 N–H and O–H groups in total. The van der Waals surface area contributed by atoms with Gasteiger partial charge in [0, 0.05) is 0 Å². The summed E-state index contributed by atoms with van der Waals surface area (Å²) in [6.45, 7) is 7.47. The lowest BCUT2D eigenvalue weighted by Crippen LogP contribution is -2.42. The first kappa shape index (κ1) is 17.7. The number of esters is 1. The van der Waals surface area contributed by atoms with Crippen LogP contribution in [-0.2, 0) is 20.7 Å². The zero-order chi connectivity index (χ0) is 17.6. The second-order valence-corrected chi connectivity index (χ2v) is 5.69. The van der Waals surface area contributed by atoms with Crippen LogP contribution in [0.4, 0.5) is 0 Å². The molecular weight excluding hydrogens is 300 g/mol. The van der Waals surface area contributed by atoms with E-state index in [0.717, 1.165) is 11.1 Å². The molecule has 24 heavy (non-hydrogen) atoms. The molecule has 3 heteroatoms. The summed E-state index contributed by atoms with van der Waals surface area (Å²) in [7, 11) is 0. The summed E-state index contributed by atoms with van der Waals surface area (Å²) in [5.74, 6) is -0.811. The van der Waals surface area contributed by atoms with E-state index < -0.39 is 11.4 Å². The third-order valence-corrected chi connectivity index (χ3v) is 4.17. The third-order valence-electron chi connectivity index (χ3n) is 4.17. The minimum atomic E-state index is -1.42. The molecule has 2 aromatic rings. The number of hydrogen-bond acceptors (Lipinski definition) is 3. The molecule has 0 aliphatic rings. The van der Waals surface area contributed by atoms with Crippen molar-refractivity contribution in [1.29, 1.82) is 0 Å². The zero-order valence-corrected chi connectivity index (χ0v) is 14.1. The van der Waals surface area contributed by atoms with E-state index in [1.54, 1.807) is 6.92 Å². The molecule has 0 radical (unpaired) electrons. The fraction of sp³-hybridized carbons (Fsp3) is 0.238. The minimum Gasteiger partial charge on any atom is -0.465 e. The van der Waals surface area contributed by atoms with E-state index in [-0.39, 0.29) is 18.8 Å². The molecule has 0 unspecified atom stereocenters. The molecule has 0 saturated heterocycles. The molecule has 0 bridgehead atoms. The van der Waals surface area contributed by atoms with Gasteiger partial charge in [-0.2, -0.15) is 0 Å². The molecule has 2 aromatic carbocycles. The Kier molecular flexibility index (Phi) is 5.69. The van der Waals surface area contributed by atoms with Crippen molar-refractivity contribution in [1.82, 2.24) is 0 Å². The molecule has 1 atom stereocenters. The Morgan fingerprint density at radius 1 is 1.00 bits per heavy atom. The monoisotopic (exact) mass is 322 g/mol. The van der Waals surface area contributed by atoms with Gasteiger partial charge in [0.25, 0.3) is 0 Å². The van der Waals surface area contributed by atoms with E-state index >= 15 is 0 Å². The maximum atomic E-state index is 12.8. The Labute approximate surface area is 143 Å². The molecule has 3 nitrogen and oxygen atoms in total. The Hall–Kier alpha value is -2.68. The summed E-state index contributed by atoms with van der Waals surface area (Å²) < 4.78 is 5.26. The van der Waals surface area contributed by atoms with Gasteiger partial charge < -0.3 is 4.74 Å². The molecule has 0 spiro atoms. The number of hydrogen-bond donors (Lipinski definition) is 0. The van der Waals surface area contributed by atoms with E-state index in [2.05, 4.69) is 6.58 Å². The van der Waals surface area contributed by atoms with Crippen molar-refractivity contribution in [3.63, 3.8) is 0 Å². The lowest BCUT2D eigenvalue weighted by molar-refractivity contribution is -0.155. The van der Waals surface area contributed by atoms with E-state index in [4.69, 9.17) is 4.74 Å². The summed E-state index contributed by atoms with van der Waals surface area (Å²) in [4.78, 5) is 25.5. The largest absolute Gasteiger partial charge is 0.465 e. The minimum absolute atomic E-state index is 0.213. The van der Waals surface area contributed by atoms with Crippen molar-refractivity contribution in [2.45, 2.75) is 20.3 Å². The molecule has 0 heterocycles. The first-order chi connectivity index (χ1) is 11.5. The summed E-state index contributed by atoms with van der Waals surface area (Å²) in [6, 6.07) is 18.8. The van der Waals surface area contributed by atoms with Crippen LogP contribution in [-0.4, -0.2) is 18.4 Å². The Morgan fingerprint density at radius 2 is 1.54 bits per heavy atom. The van der Waals surface area contributed by atoms with E-state index in [1.807, 2.05) is 60.7 Å². The van der Waals surface area contributed by atoms with Gasteiger partial charge in [0.05, 0.1) is 6.61 Å². The zero-order valence-electron chi connectivity index (χ0n) is 14.1. The van der Waals surface area contributed by atoms with Gasteiger partial charge in [-0.3, -0.25) is 9.59 Å². The quantitative estimate of drug-likeness (QED) is 0.570. The maximum absolute atomic E-state index is 12.8. The van der Waals surface area contributed by atoms with Crippen molar-refractivity contribution >= 4 is 17.3 Å². The van der Waals surface area contributed by atoms with Crippen LogP contribution in [0.15, 0.2) is 67.2 Å². The highest BCUT2D eigenvalue weighted by Gasteiger charge is 2.47. The van der Waals surface area contributed by atoms with E-state index in [0.29, 0.717) is 5.57 Å². The molecule has 0 aliphatic carbocycles. The highest BCUT2D eigenvalue weighted by atomic mass is 16.5. The van der Waals surface area contributed by atoms with Crippen molar-refractivity contribution < 1.29 is 14.3 Å². The van der Waals surface area contributed by atoms with Crippen LogP contribution in [0.2, 0.25) is 0 Å². The topological polar surface area (TPSA) is 43.4 Å². The predicted molar refractivity (Wildman–Crippen MR) is 95.4 cm³/mol. The first-order valence-electron chi connectivity index (χ1n) is 7.99. The van der Waals surface area contributed by atoms with Gasteiger partial charge >= 0.3 is 5.97 Å². The van der Waals surface area contributed by atoms with Crippen molar-refractivity contribution in [2.24, 2.45) is 5.41 Å². The van der Waals surface area contributed by atoms with Gasteiger partial charge in [-0.1, -0.05) is 67.2 Å². The van der Waals surface area contributed by atoms with E-state index in [9.17, 15) is 9.59 Å². The summed E-state index contributed by atoms with van der Waals surface area (Å²) in [5, 5.41) is 0. The highest BCUT2D eigenvalue weighted by Crippen LogP contribution is 2.39. The number of carbonyl (C=O) groups is 2. The highest BCUT2D eigenvalue weighted by molar-refractivity contribution is 6.14. The molecule has 0 amide bonds. The van der Waals surface area contributed by atoms with Crippen LogP contribution in [0.5, 0.6) is 0 Å². The smallest absolute Gasteiger partial charge is 0.324 e. The Morgan fingerprint density at radius 3 is 2.04 bits per heavy atom. The lowest BCUT2D eigenvalue weighted by Gasteiger charge is -2.31. The third kappa shape index (κ3) is 3.46. The average Bonchev–Trinajstić information content (AvgIpc) is 2.60. The van der Waals surface area contributed by atoms with Crippen LogP contribution >= 0.6 is 0 Å². The number of ketones is 1. The average molecular weight is 322 g/mol. The Balaban J connectivity index is 2.55. The summed E-state index contributed by atoms with van der Waals surface area (Å²) in [5.41, 5.74) is 0.700. The van der Waals surface area contributed by atoms with E-state index in [1.165, 1.54) is 6.92 Å². The predicted octanol–water partition coefficient (Wildman–Crippen LogP) is 4.08. The molecule has 0 aliphatic heterocycles. The standard InChI is InChI=1S/C21H22O3/c1-4-24-20(23)21(17(3)22,15-18-11-7-5-8-12-18)16(2)19-13-9-6-10-14-19/h5-14H,2,4,15H2,1,3H3/t21-/m1/s1. The van der Waals surface area contributed by atoms with Gasteiger partial charge in [-0.15, -0.1) is 0 Å². The number of Topliss-reactive ketones (excluding diaryl/α,β-unsaturated/α-hetero) is 1. The van der Waals surface area contributed by atoms with Crippen molar-refractivity contribution in [3.8, 4) is 0 Å². The first-order valence-corrected chi connectivity index (χ1v) is 7.99. The van der Waals surface area contributed by atoms with Crippen molar-refractivity contribution in [3.05, 3.63) is 78.4 Å². The molecule has 0 aromatic heterocycles. The van der Waals surface area contributed by atoms with Gasteiger partial charge in [0.2, 0.25) is 0 Å². The van der Waals surface area contributed by atoms with Gasteiger partial charge in [0.15, 0.2) is 11.2 Å². The van der Waals surface area contributed by atoms with Crippen LogP contribution in [0, 0.1) is 5.41 Å². The second-order valence-electron chi connectivity index (χ2n) is 5.69. The summed E-state index contributed by atoms with van der Waals surface area (Å²) >= 11 is 0. The second kappa shape index (κ2) is 7.73. The van der Waals surface area contributed by atoms with Crippen LogP contribution < -0.4 is 0 Å². The number of benzene rings is 2. The fourth-order valence-electron chi connectivity index (χ4n) is 2.82. The lowest BCUT2D eigenvalue weighted by atomic mass is 9.70. The number of rotatable bonds is 7. The van der Waals surface area contributed by atoms with Crippen LogP contribution in [0.25, 0.3) is 5.57 Å². The van der Waals surface area contributed by atoms with Crippen LogP contribution in [0.1, 0.15) is 25.0 Å². The molecule has 0 saturated carbocycles. The molecular formula is C21H22O3. The number of carbonyl (C=O) groups excluding carboxylic acids is 2. The fourth-order valence-corrected chi connectivity index (χ4v) is 2.82. The normalized spacial score (nSPS) is 12.9. The molecule has 0 fully saturated rings. The van der Waals surface area contributed by atoms with Crippen molar-refractivity contribution in [2.75, 3.05) is 6.61 Å². The summed E-state index contributed by atoms with van der Waals surface area (Å²) in [6.07, 6.45) is 0.232. The van der Waals surface area contributed by atoms with Crippen LogP contribution in [0.3, 0.4) is 0 Å². The van der Waals surface area contributed by atoms with Gasteiger partial charge in [-0.25, -0.2) is 0 Å². The molecule has 124 valence electrons. The van der Waals surface area contributed by atoms with Gasteiger partial charge in [0.1, 0.15) is 0 Å². The molecule has 2 rings (SSSR count). The Bertz CT molecular complexity index is 719. The SMILES string of the molecule is C=C(c1ccccc1)[C@](Cc1ccccc1)(C(C)=O)C(=O)OCC. The maximum Gasteiger partial charge on any atom is 0.324 e. The number of ether oxygens (including phenoxy) is 1. The van der Waals surface area contributed by atoms with Gasteiger partial charge in [-0.05, 0) is 37.0 Å².